The number of carbonyl (C=O) groups excluding carboxylic acids is 2. The lowest BCUT2D eigenvalue weighted by Gasteiger charge is -2.03. The Hall–Kier alpha value is -1.80. The number of rotatable bonds is 8. The molecule has 0 radical (unpaired) electrons. The van der Waals surface area contributed by atoms with Gasteiger partial charge in [0.05, 0.1) is 0 Å². The van der Waals surface area contributed by atoms with Crippen LogP contribution in [0.2, 0.25) is 0 Å². The van der Waals surface area contributed by atoms with E-state index in [1.165, 1.54) is 22.7 Å². The minimum Gasteiger partial charge on any atom is -0.352 e. The molecule has 2 rings (SSSR count). The van der Waals surface area contributed by atoms with E-state index in [9.17, 15) is 9.59 Å². The van der Waals surface area contributed by atoms with Crippen molar-refractivity contribution in [3.8, 4) is 0 Å². The molecule has 22 heavy (non-hydrogen) atoms. The first-order valence-electron chi connectivity index (χ1n) is 7.11. The summed E-state index contributed by atoms with van der Waals surface area (Å²) in [5.74, 6) is -0.209. The topological polar surface area (TPSA) is 84.0 Å². The zero-order chi connectivity index (χ0) is 15.8. The second kappa shape index (κ2) is 8.60. The quantitative estimate of drug-likeness (QED) is 0.725. The Morgan fingerprint density at radius 2 is 2.18 bits per heavy atom. The number of anilines is 1. The molecule has 0 bridgehead atoms. The highest BCUT2D eigenvalue weighted by molar-refractivity contribution is 7.15. The molecule has 2 aromatic heterocycles. The average molecular weight is 338 g/mol. The molecule has 0 aliphatic carbocycles. The van der Waals surface area contributed by atoms with Gasteiger partial charge in [-0.15, -0.1) is 10.2 Å². The number of nitrogens with zero attached hydrogens (tertiary/aromatic N) is 2. The van der Waals surface area contributed by atoms with Crippen LogP contribution in [0.25, 0.3) is 0 Å². The Morgan fingerprint density at radius 1 is 1.32 bits per heavy atom. The maximum atomic E-state index is 11.8. The Morgan fingerprint density at radius 3 is 2.91 bits per heavy atom. The summed E-state index contributed by atoms with van der Waals surface area (Å²) in [4.78, 5) is 23.5. The van der Waals surface area contributed by atoms with E-state index in [-0.39, 0.29) is 11.8 Å². The maximum Gasteiger partial charge on any atom is 0.252 e. The molecule has 0 aliphatic heterocycles. The molecule has 2 N–H and O–H groups in total. The molecule has 0 unspecified atom stereocenters. The van der Waals surface area contributed by atoms with Gasteiger partial charge in [0, 0.05) is 30.3 Å². The Kier molecular flexibility index (Phi) is 6.47. The number of hydrogen-bond donors (Lipinski definition) is 2. The minimum absolute atomic E-state index is 0.102. The van der Waals surface area contributed by atoms with Crippen molar-refractivity contribution in [3.63, 3.8) is 0 Å². The van der Waals surface area contributed by atoms with Crippen LogP contribution in [0.4, 0.5) is 5.13 Å². The fourth-order valence-electron chi connectivity index (χ4n) is 1.75. The van der Waals surface area contributed by atoms with Gasteiger partial charge in [0.15, 0.2) is 0 Å². The zero-order valence-corrected chi connectivity index (χ0v) is 13.9. The van der Waals surface area contributed by atoms with Gasteiger partial charge in [-0.25, -0.2) is 0 Å². The third-order valence-corrected chi connectivity index (χ3v) is 4.41. The van der Waals surface area contributed by atoms with Gasteiger partial charge in [0.1, 0.15) is 5.01 Å². The largest absolute Gasteiger partial charge is 0.352 e. The molecule has 6 nitrogen and oxygen atoms in total. The van der Waals surface area contributed by atoms with Crippen LogP contribution in [0.5, 0.6) is 0 Å². The van der Waals surface area contributed by atoms with E-state index >= 15 is 0 Å². The molecule has 0 spiro atoms. The predicted molar refractivity (Wildman–Crippen MR) is 88.4 cm³/mol. The van der Waals surface area contributed by atoms with Gasteiger partial charge >= 0.3 is 0 Å². The zero-order valence-electron chi connectivity index (χ0n) is 12.3. The molecule has 0 fully saturated rings. The van der Waals surface area contributed by atoms with Crippen molar-refractivity contribution in [2.24, 2.45) is 0 Å². The number of amides is 2. The van der Waals surface area contributed by atoms with Gasteiger partial charge in [-0.05, 0) is 24.3 Å². The van der Waals surface area contributed by atoms with Gasteiger partial charge in [-0.2, -0.15) is 11.3 Å². The first-order valence-corrected chi connectivity index (χ1v) is 8.87. The van der Waals surface area contributed by atoms with Crippen LogP contribution >= 0.6 is 22.7 Å². The number of aromatic nitrogens is 2. The van der Waals surface area contributed by atoms with Crippen molar-refractivity contribution in [2.45, 2.75) is 32.6 Å². The highest BCUT2D eigenvalue weighted by Gasteiger charge is 2.08. The highest BCUT2D eigenvalue weighted by Crippen LogP contribution is 2.16. The van der Waals surface area contributed by atoms with Gasteiger partial charge < -0.3 is 10.6 Å². The molecule has 2 heterocycles. The van der Waals surface area contributed by atoms with Crippen LogP contribution in [-0.4, -0.2) is 28.6 Å². The second-order valence-corrected chi connectivity index (χ2v) is 6.51. The molecule has 2 amide bonds. The van der Waals surface area contributed by atoms with Crippen molar-refractivity contribution in [1.29, 1.82) is 0 Å². The summed E-state index contributed by atoms with van der Waals surface area (Å²) in [5, 5.41) is 18.6. The number of aryl methyl sites for hydroxylation is 1. The summed E-state index contributed by atoms with van der Waals surface area (Å²) in [6.45, 7) is 2.54. The third kappa shape index (κ3) is 5.19. The molecule has 118 valence electrons. The summed E-state index contributed by atoms with van der Waals surface area (Å²) < 4.78 is 0. The first kappa shape index (κ1) is 16.6. The molecule has 0 aromatic carbocycles. The van der Waals surface area contributed by atoms with Crippen molar-refractivity contribution >= 4 is 39.6 Å². The van der Waals surface area contributed by atoms with Gasteiger partial charge in [-0.3, -0.25) is 9.59 Å². The summed E-state index contributed by atoms with van der Waals surface area (Å²) in [5.41, 5.74) is 0.659. The molecular formula is C14H18N4O2S2. The lowest BCUT2D eigenvalue weighted by molar-refractivity contribution is -0.116. The van der Waals surface area contributed by atoms with E-state index < -0.39 is 0 Å². The molecule has 0 atom stereocenters. The van der Waals surface area contributed by atoms with Crippen LogP contribution in [-0.2, 0) is 11.2 Å². The van der Waals surface area contributed by atoms with Crippen molar-refractivity contribution < 1.29 is 9.59 Å². The van der Waals surface area contributed by atoms with Crippen molar-refractivity contribution in [2.75, 3.05) is 11.9 Å². The molecule has 0 saturated carbocycles. The van der Waals surface area contributed by atoms with E-state index in [0.29, 0.717) is 30.1 Å². The second-order valence-electron chi connectivity index (χ2n) is 4.67. The van der Waals surface area contributed by atoms with Crippen LogP contribution in [0, 0.1) is 0 Å². The standard InChI is InChI=1S/C14H18N4O2S2/c1-2-4-12-17-18-14(22-12)16-11(19)5-3-7-15-13(20)10-6-8-21-9-10/h6,8-9H,2-5,7H2,1H3,(H,15,20)(H,16,18,19). The molecule has 0 aliphatic rings. The van der Waals surface area contributed by atoms with E-state index in [1.807, 2.05) is 5.38 Å². The number of carbonyl (C=O) groups is 2. The minimum atomic E-state index is -0.107. The predicted octanol–water partition coefficient (Wildman–Crippen LogP) is 2.70. The lowest BCUT2D eigenvalue weighted by Crippen LogP contribution is -2.25. The molecule has 0 saturated heterocycles. The molecule has 8 heteroatoms. The normalized spacial score (nSPS) is 10.4. The Labute approximate surface area is 137 Å². The van der Waals surface area contributed by atoms with Crippen molar-refractivity contribution in [1.82, 2.24) is 15.5 Å². The van der Waals surface area contributed by atoms with Gasteiger partial charge in [-0.1, -0.05) is 18.3 Å². The summed E-state index contributed by atoms with van der Waals surface area (Å²) >= 11 is 2.89. The Balaban J connectivity index is 1.64. The summed E-state index contributed by atoms with van der Waals surface area (Å²) in [6.07, 6.45) is 2.81. The van der Waals surface area contributed by atoms with E-state index in [0.717, 1.165) is 17.8 Å². The highest BCUT2D eigenvalue weighted by atomic mass is 32.1. The van der Waals surface area contributed by atoms with Crippen molar-refractivity contribution in [3.05, 3.63) is 27.4 Å². The lowest BCUT2D eigenvalue weighted by atomic mass is 10.2. The monoisotopic (exact) mass is 338 g/mol. The Bertz CT molecular complexity index is 610. The van der Waals surface area contributed by atoms with Crippen LogP contribution < -0.4 is 10.6 Å². The SMILES string of the molecule is CCCc1nnc(NC(=O)CCCNC(=O)c2ccsc2)s1. The van der Waals surface area contributed by atoms with Gasteiger partial charge in [0.2, 0.25) is 11.0 Å². The summed E-state index contributed by atoms with van der Waals surface area (Å²) in [7, 11) is 0. The van der Waals surface area contributed by atoms with Crippen LogP contribution in [0.3, 0.4) is 0 Å². The summed E-state index contributed by atoms with van der Waals surface area (Å²) in [6, 6.07) is 1.77. The smallest absolute Gasteiger partial charge is 0.252 e. The van der Waals surface area contributed by atoms with E-state index in [2.05, 4.69) is 27.8 Å². The number of thiophene rings is 1. The average Bonchev–Trinajstić information content (AvgIpc) is 3.15. The first-order chi connectivity index (χ1) is 10.7. The molecule has 2 aromatic rings. The van der Waals surface area contributed by atoms with Crippen LogP contribution in [0.1, 0.15) is 41.6 Å². The van der Waals surface area contributed by atoms with E-state index in [1.54, 1.807) is 11.4 Å². The number of nitrogens with one attached hydrogen (secondary N) is 2. The van der Waals surface area contributed by atoms with Crippen LogP contribution in [0.15, 0.2) is 16.8 Å². The number of hydrogen-bond acceptors (Lipinski definition) is 6. The molecular weight excluding hydrogens is 320 g/mol. The fraction of sp³-hybridized carbons (Fsp3) is 0.429. The fourth-order valence-corrected chi connectivity index (χ4v) is 3.24. The van der Waals surface area contributed by atoms with E-state index in [4.69, 9.17) is 0 Å². The third-order valence-electron chi connectivity index (χ3n) is 2.83. The van der Waals surface area contributed by atoms with Gasteiger partial charge in [0.25, 0.3) is 5.91 Å². The maximum absolute atomic E-state index is 11.8.